The van der Waals surface area contributed by atoms with Gasteiger partial charge < -0.3 is 5.32 Å². The summed E-state index contributed by atoms with van der Waals surface area (Å²) >= 11 is 7.69. The molecule has 0 bridgehead atoms. The Bertz CT molecular complexity index is 429. The molecule has 0 spiro atoms. The molecule has 19 heavy (non-hydrogen) atoms. The Morgan fingerprint density at radius 1 is 1.53 bits per heavy atom. The molecule has 1 rings (SSSR count). The van der Waals surface area contributed by atoms with E-state index in [2.05, 4.69) is 19.2 Å². The van der Waals surface area contributed by atoms with Gasteiger partial charge in [0.2, 0.25) is 0 Å². The van der Waals surface area contributed by atoms with Gasteiger partial charge in [0, 0.05) is 18.7 Å². The van der Waals surface area contributed by atoms with Crippen molar-refractivity contribution in [2.24, 2.45) is 0 Å². The van der Waals surface area contributed by atoms with Gasteiger partial charge in [-0.2, -0.15) is 11.8 Å². The lowest BCUT2D eigenvalue weighted by Gasteiger charge is -2.13. The Balaban J connectivity index is 2.49. The van der Waals surface area contributed by atoms with Crippen LogP contribution >= 0.6 is 23.4 Å². The van der Waals surface area contributed by atoms with Gasteiger partial charge in [-0.1, -0.05) is 24.6 Å². The van der Waals surface area contributed by atoms with E-state index >= 15 is 0 Å². The summed E-state index contributed by atoms with van der Waals surface area (Å²) in [5.41, 5.74) is 0.848. The van der Waals surface area contributed by atoms with Crippen LogP contribution in [0, 0.1) is 10.1 Å². The van der Waals surface area contributed by atoms with Gasteiger partial charge in [0.25, 0.3) is 5.69 Å². The first-order valence-corrected chi connectivity index (χ1v) is 7.81. The molecule has 4 nitrogen and oxygen atoms in total. The molecule has 1 atom stereocenters. The van der Waals surface area contributed by atoms with Gasteiger partial charge in [-0.25, -0.2) is 0 Å². The normalized spacial score (nSPS) is 12.4. The molecule has 1 N–H and O–H groups in total. The summed E-state index contributed by atoms with van der Waals surface area (Å²) in [6.45, 7) is 4.89. The lowest BCUT2D eigenvalue weighted by molar-refractivity contribution is -0.384. The van der Waals surface area contributed by atoms with E-state index in [9.17, 15) is 10.1 Å². The standard InChI is InChI=1S/C13H19ClN2O2S/c1-3-19-7-6-10(2)15-9-11-4-5-12(14)13(8-11)16(17)18/h4-5,8,10,15H,3,6-7,9H2,1-2H3. The molecule has 0 aromatic heterocycles. The van der Waals surface area contributed by atoms with Gasteiger partial charge in [0.15, 0.2) is 0 Å². The first kappa shape index (κ1) is 16.3. The first-order chi connectivity index (χ1) is 9.04. The van der Waals surface area contributed by atoms with Crippen molar-refractivity contribution in [3.05, 3.63) is 38.9 Å². The molecule has 1 aromatic carbocycles. The smallest absolute Gasteiger partial charge is 0.288 e. The molecule has 106 valence electrons. The number of hydrogen-bond donors (Lipinski definition) is 1. The highest BCUT2D eigenvalue weighted by atomic mass is 35.5. The molecule has 0 saturated heterocycles. The number of benzene rings is 1. The van der Waals surface area contributed by atoms with Crippen molar-refractivity contribution in [2.45, 2.75) is 32.9 Å². The van der Waals surface area contributed by atoms with Crippen LogP contribution < -0.4 is 5.32 Å². The maximum Gasteiger partial charge on any atom is 0.288 e. The molecule has 0 aliphatic carbocycles. The maximum atomic E-state index is 10.8. The van der Waals surface area contributed by atoms with E-state index in [1.807, 2.05) is 17.8 Å². The fourth-order valence-electron chi connectivity index (χ4n) is 1.61. The van der Waals surface area contributed by atoms with Crippen LogP contribution in [0.4, 0.5) is 5.69 Å². The predicted molar refractivity (Wildman–Crippen MR) is 82.0 cm³/mol. The zero-order valence-corrected chi connectivity index (χ0v) is 12.8. The third-order valence-corrected chi connectivity index (χ3v) is 4.01. The van der Waals surface area contributed by atoms with Crippen molar-refractivity contribution in [3.8, 4) is 0 Å². The molecule has 0 aliphatic rings. The van der Waals surface area contributed by atoms with Crippen molar-refractivity contribution < 1.29 is 4.92 Å². The number of thioether (sulfide) groups is 1. The minimum atomic E-state index is -0.451. The minimum Gasteiger partial charge on any atom is -0.310 e. The molecule has 0 aliphatic heterocycles. The van der Waals surface area contributed by atoms with Crippen LogP contribution in [-0.4, -0.2) is 22.5 Å². The largest absolute Gasteiger partial charge is 0.310 e. The average Bonchev–Trinajstić information content (AvgIpc) is 2.37. The van der Waals surface area contributed by atoms with Crippen molar-refractivity contribution in [2.75, 3.05) is 11.5 Å². The van der Waals surface area contributed by atoms with Crippen molar-refractivity contribution in [1.82, 2.24) is 5.32 Å². The van der Waals surface area contributed by atoms with Crippen molar-refractivity contribution in [1.29, 1.82) is 0 Å². The van der Waals surface area contributed by atoms with Crippen LogP contribution in [0.25, 0.3) is 0 Å². The minimum absolute atomic E-state index is 0.0323. The Hall–Kier alpha value is -0.780. The highest BCUT2D eigenvalue weighted by Crippen LogP contribution is 2.25. The zero-order chi connectivity index (χ0) is 14.3. The first-order valence-electron chi connectivity index (χ1n) is 6.28. The van der Waals surface area contributed by atoms with E-state index in [1.165, 1.54) is 6.07 Å². The third kappa shape index (κ3) is 5.80. The number of nitrogens with zero attached hydrogens (tertiary/aromatic N) is 1. The fourth-order valence-corrected chi connectivity index (χ4v) is 2.60. The van der Waals surface area contributed by atoms with Gasteiger partial charge in [-0.05, 0) is 36.5 Å². The monoisotopic (exact) mass is 302 g/mol. The topological polar surface area (TPSA) is 55.2 Å². The van der Waals surface area contributed by atoms with Gasteiger partial charge in [-0.15, -0.1) is 0 Å². The Labute approximate surface area is 123 Å². The Kier molecular flexibility index (Phi) is 7.20. The summed E-state index contributed by atoms with van der Waals surface area (Å²) in [5.74, 6) is 2.27. The summed E-state index contributed by atoms with van der Waals surface area (Å²) in [7, 11) is 0. The second-order valence-electron chi connectivity index (χ2n) is 4.31. The molecule has 0 heterocycles. The van der Waals surface area contributed by atoms with Crippen LogP contribution in [0.2, 0.25) is 5.02 Å². The van der Waals surface area contributed by atoms with E-state index in [-0.39, 0.29) is 10.7 Å². The molecule has 1 aromatic rings. The second kappa shape index (κ2) is 8.40. The summed E-state index contributed by atoms with van der Waals surface area (Å²) in [5, 5.41) is 14.3. The van der Waals surface area contributed by atoms with E-state index in [0.29, 0.717) is 12.6 Å². The highest BCUT2D eigenvalue weighted by Gasteiger charge is 2.12. The van der Waals surface area contributed by atoms with Gasteiger partial charge in [-0.3, -0.25) is 10.1 Å². The number of nitrogens with one attached hydrogen (secondary N) is 1. The average molecular weight is 303 g/mol. The molecule has 1 unspecified atom stereocenters. The van der Waals surface area contributed by atoms with Crippen molar-refractivity contribution >= 4 is 29.1 Å². The van der Waals surface area contributed by atoms with Gasteiger partial charge in [0.1, 0.15) is 5.02 Å². The van der Waals surface area contributed by atoms with E-state index < -0.39 is 4.92 Å². The van der Waals surface area contributed by atoms with E-state index in [1.54, 1.807) is 6.07 Å². The van der Waals surface area contributed by atoms with Crippen LogP contribution in [-0.2, 0) is 6.54 Å². The number of hydrogen-bond acceptors (Lipinski definition) is 4. The molecule has 0 fully saturated rings. The highest BCUT2D eigenvalue weighted by molar-refractivity contribution is 7.99. The quantitative estimate of drug-likeness (QED) is 0.450. The molecular formula is C13H19ClN2O2S. The van der Waals surface area contributed by atoms with Crippen LogP contribution in [0.15, 0.2) is 18.2 Å². The summed E-state index contributed by atoms with van der Waals surface area (Å²) in [4.78, 5) is 10.3. The van der Waals surface area contributed by atoms with Gasteiger partial charge in [0.05, 0.1) is 4.92 Å². The van der Waals surface area contributed by atoms with Crippen LogP contribution in [0.5, 0.6) is 0 Å². The lowest BCUT2D eigenvalue weighted by Crippen LogP contribution is -2.26. The molecule has 6 heteroatoms. The number of halogens is 1. The Morgan fingerprint density at radius 2 is 2.26 bits per heavy atom. The maximum absolute atomic E-state index is 10.8. The van der Waals surface area contributed by atoms with Crippen molar-refractivity contribution in [3.63, 3.8) is 0 Å². The predicted octanol–water partition coefficient (Wildman–Crippen LogP) is 3.87. The summed E-state index contributed by atoms with van der Waals surface area (Å²) in [6, 6.07) is 5.32. The van der Waals surface area contributed by atoms with Crippen LogP contribution in [0.1, 0.15) is 25.8 Å². The van der Waals surface area contributed by atoms with E-state index in [0.717, 1.165) is 23.5 Å². The Morgan fingerprint density at radius 3 is 2.89 bits per heavy atom. The molecule has 0 saturated carbocycles. The zero-order valence-electron chi connectivity index (χ0n) is 11.2. The molecular weight excluding hydrogens is 284 g/mol. The van der Waals surface area contributed by atoms with E-state index in [4.69, 9.17) is 11.6 Å². The van der Waals surface area contributed by atoms with Gasteiger partial charge >= 0.3 is 0 Å². The lowest BCUT2D eigenvalue weighted by atomic mass is 10.2. The third-order valence-electron chi connectivity index (χ3n) is 2.76. The summed E-state index contributed by atoms with van der Waals surface area (Å²) < 4.78 is 0. The second-order valence-corrected chi connectivity index (χ2v) is 6.11. The molecule has 0 amide bonds. The number of rotatable bonds is 8. The van der Waals surface area contributed by atoms with Crippen LogP contribution in [0.3, 0.4) is 0 Å². The number of nitro benzene ring substituents is 1. The molecule has 0 radical (unpaired) electrons. The fraction of sp³-hybridized carbons (Fsp3) is 0.538. The SMILES string of the molecule is CCSCCC(C)NCc1ccc(Cl)c([N+](=O)[O-])c1. The summed E-state index contributed by atoms with van der Waals surface area (Å²) in [6.07, 6.45) is 1.09. The number of nitro groups is 1.